The summed E-state index contributed by atoms with van der Waals surface area (Å²) >= 11 is 0. The average molecular weight is 296 g/mol. The van der Waals surface area contributed by atoms with Crippen molar-refractivity contribution in [3.05, 3.63) is 48.0 Å². The van der Waals surface area contributed by atoms with E-state index in [0.717, 1.165) is 31.8 Å². The molecule has 22 heavy (non-hydrogen) atoms. The monoisotopic (exact) mass is 296 g/mol. The van der Waals surface area contributed by atoms with Gasteiger partial charge < -0.3 is 10.2 Å². The van der Waals surface area contributed by atoms with Gasteiger partial charge in [-0.25, -0.2) is 4.79 Å². The van der Waals surface area contributed by atoms with Crippen LogP contribution in [0.2, 0.25) is 0 Å². The molecule has 1 N–H and O–H groups in total. The number of nitrogens with one attached hydrogen (secondary N) is 1. The summed E-state index contributed by atoms with van der Waals surface area (Å²) in [5.41, 5.74) is 1.18. The standard InChI is InChI=1S/C19H24N2O/c1-14-10-12-21(13-11-14)19(22)20-15(2)17-9-5-7-16-6-3-4-8-18(16)17/h3-9,14-15H,10-13H2,1-2H3,(H,20,22). The molecule has 0 aromatic heterocycles. The van der Waals surface area contributed by atoms with Crippen molar-refractivity contribution in [3.8, 4) is 0 Å². The summed E-state index contributed by atoms with van der Waals surface area (Å²) in [6.07, 6.45) is 2.21. The molecule has 1 heterocycles. The molecule has 3 nitrogen and oxygen atoms in total. The molecule has 0 radical (unpaired) electrons. The average Bonchev–Trinajstić information content (AvgIpc) is 2.54. The van der Waals surface area contributed by atoms with Crippen LogP contribution in [0.15, 0.2) is 42.5 Å². The number of urea groups is 1. The smallest absolute Gasteiger partial charge is 0.317 e. The van der Waals surface area contributed by atoms with E-state index >= 15 is 0 Å². The molecule has 0 bridgehead atoms. The van der Waals surface area contributed by atoms with Crippen LogP contribution in [-0.2, 0) is 0 Å². The molecule has 3 rings (SSSR count). The van der Waals surface area contributed by atoms with Gasteiger partial charge in [-0.05, 0) is 42.0 Å². The van der Waals surface area contributed by atoms with Gasteiger partial charge in [-0.2, -0.15) is 0 Å². The van der Waals surface area contributed by atoms with Crippen LogP contribution in [-0.4, -0.2) is 24.0 Å². The highest BCUT2D eigenvalue weighted by atomic mass is 16.2. The van der Waals surface area contributed by atoms with Crippen LogP contribution in [0.25, 0.3) is 10.8 Å². The van der Waals surface area contributed by atoms with Crippen molar-refractivity contribution >= 4 is 16.8 Å². The first-order valence-corrected chi connectivity index (χ1v) is 8.18. The first kappa shape index (κ1) is 14.9. The van der Waals surface area contributed by atoms with E-state index in [1.807, 2.05) is 17.0 Å². The minimum absolute atomic E-state index is 0.0120. The second kappa shape index (κ2) is 6.39. The largest absolute Gasteiger partial charge is 0.331 e. The molecular formula is C19H24N2O. The number of benzene rings is 2. The Balaban J connectivity index is 1.73. The zero-order valence-corrected chi connectivity index (χ0v) is 13.4. The molecule has 1 fully saturated rings. The fraction of sp³-hybridized carbons (Fsp3) is 0.421. The van der Waals surface area contributed by atoms with Crippen LogP contribution >= 0.6 is 0 Å². The Morgan fingerprint density at radius 1 is 1.14 bits per heavy atom. The fourth-order valence-electron chi connectivity index (χ4n) is 3.19. The van der Waals surface area contributed by atoms with Crippen molar-refractivity contribution in [2.45, 2.75) is 32.7 Å². The van der Waals surface area contributed by atoms with Gasteiger partial charge in [-0.15, -0.1) is 0 Å². The molecule has 0 saturated carbocycles. The second-order valence-corrected chi connectivity index (χ2v) is 6.41. The second-order valence-electron chi connectivity index (χ2n) is 6.41. The summed E-state index contributed by atoms with van der Waals surface area (Å²) in [6.45, 7) is 6.06. The third-order valence-electron chi connectivity index (χ3n) is 4.70. The van der Waals surface area contributed by atoms with E-state index in [9.17, 15) is 4.79 Å². The Hall–Kier alpha value is -2.03. The van der Waals surface area contributed by atoms with Gasteiger partial charge in [-0.3, -0.25) is 0 Å². The van der Waals surface area contributed by atoms with Crippen LogP contribution < -0.4 is 5.32 Å². The minimum atomic E-state index is 0.0120. The molecule has 2 aromatic rings. The van der Waals surface area contributed by atoms with Gasteiger partial charge in [0.15, 0.2) is 0 Å². The SMILES string of the molecule is CC1CCN(C(=O)NC(C)c2cccc3ccccc23)CC1. The van der Waals surface area contributed by atoms with Crippen LogP contribution in [0.1, 0.15) is 38.3 Å². The number of fused-ring (bicyclic) bond motifs is 1. The van der Waals surface area contributed by atoms with Crippen LogP contribution in [0.3, 0.4) is 0 Å². The van der Waals surface area contributed by atoms with Gasteiger partial charge in [0.2, 0.25) is 0 Å². The van der Waals surface area contributed by atoms with Crippen LogP contribution in [0.4, 0.5) is 4.79 Å². The molecule has 0 aliphatic carbocycles. The number of amides is 2. The molecule has 1 aliphatic rings. The van der Waals surface area contributed by atoms with Crippen molar-refractivity contribution in [3.63, 3.8) is 0 Å². The minimum Gasteiger partial charge on any atom is -0.331 e. The maximum absolute atomic E-state index is 12.4. The van der Waals surface area contributed by atoms with E-state index in [1.54, 1.807) is 0 Å². The highest BCUT2D eigenvalue weighted by molar-refractivity contribution is 5.86. The van der Waals surface area contributed by atoms with Gasteiger partial charge in [0.25, 0.3) is 0 Å². The van der Waals surface area contributed by atoms with Gasteiger partial charge >= 0.3 is 6.03 Å². The van der Waals surface area contributed by atoms with E-state index in [2.05, 4.69) is 49.5 Å². The molecule has 3 heteroatoms. The fourth-order valence-corrected chi connectivity index (χ4v) is 3.19. The Morgan fingerprint density at radius 2 is 1.82 bits per heavy atom. The third kappa shape index (κ3) is 3.08. The number of hydrogen-bond acceptors (Lipinski definition) is 1. The molecule has 1 unspecified atom stereocenters. The van der Waals surface area contributed by atoms with Gasteiger partial charge in [0, 0.05) is 13.1 Å². The van der Waals surface area contributed by atoms with Crippen LogP contribution in [0, 0.1) is 5.92 Å². The van der Waals surface area contributed by atoms with Crippen molar-refractivity contribution in [1.82, 2.24) is 10.2 Å². The number of piperidine rings is 1. The number of nitrogens with zero attached hydrogens (tertiary/aromatic N) is 1. The van der Waals surface area contributed by atoms with Crippen molar-refractivity contribution in [2.75, 3.05) is 13.1 Å². The van der Waals surface area contributed by atoms with Gasteiger partial charge in [-0.1, -0.05) is 49.4 Å². The summed E-state index contributed by atoms with van der Waals surface area (Å²) in [5.74, 6) is 0.736. The maximum Gasteiger partial charge on any atom is 0.317 e. The van der Waals surface area contributed by atoms with E-state index in [4.69, 9.17) is 0 Å². The molecule has 2 amide bonds. The summed E-state index contributed by atoms with van der Waals surface area (Å²) in [7, 11) is 0. The number of likely N-dealkylation sites (tertiary alicyclic amines) is 1. The predicted molar refractivity (Wildman–Crippen MR) is 90.9 cm³/mol. The Morgan fingerprint density at radius 3 is 2.59 bits per heavy atom. The zero-order chi connectivity index (χ0) is 15.5. The first-order valence-electron chi connectivity index (χ1n) is 8.18. The van der Waals surface area contributed by atoms with E-state index in [1.165, 1.54) is 16.3 Å². The lowest BCUT2D eigenvalue weighted by Gasteiger charge is -2.31. The van der Waals surface area contributed by atoms with Crippen molar-refractivity contribution in [1.29, 1.82) is 0 Å². The molecule has 0 spiro atoms. The zero-order valence-electron chi connectivity index (χ0n) is 13.4. The van der Waals surface area contributed by atoms with Crippen molar-refractivity contribution in [2.24, 2.45) is 5.92 Å². The maximum atomic E-state index is 12.4. The number of carbonyl (C=O) groups is 1. The summed E-state index contributed by atoms with van der Waals surface area (Å²) < 4.78 is 0. The number of carbonyl (C=O) groups excluding carboxylic acids is 1. The lowest BCUT2D eigenvalue weighted by molar-refractivity contribution is 0.171. The third-order valence-corrected chi connectivity index (χ3v) is 4.70. The first-order chi connectivity index (χ1) is 10.6. The number of rotatable bonds is 2. The Bertz CT molecular complexity index is 654. The molecule has 1 aliphatic heterocycles. The molecule has 1 atom stereocenters. The Kier molecular flexibility index (Phi) is 4.32. The Labute approximate surface area is 132 Å². The van der Waals surface area contributed by atoms with Gasteiger partial charge in [0.05, 0.1) is 6.04 Å². The highest BCUT2D eigenvalue weighted by Crippen LogP contribution is 2.24. The molecule has 2 aromatic carbocycles. The predicted octanol–water partition coefficient (Wildman–Crippen LogP) is 4.34. The van der Waals surface area contributed by atoms with E-state index < -0.39 is 0 Å². The lowest BCUT2D eigenvalue weighted by atomic mass is 9.99. The summed E-state index contributed by atoms with van der Waals surface area (Å²) in [6, 6.07) is 14.7. The summed E-state index contributed by atoms with van der Waals surface area (Å²) in [5, 5.41) is 5.59. The normalized spacial score (nSPS) is 17.5. The van der Waals surface area contributed by atoms with E-state index in [-0.39, 0.29) is 12.1 Å². The molecular weight excluding hydrogens is 272 g/mol. The van der Waals surface area contributed by atoms with E-state index in [0.29, 0.717) is 0 Å². The molecule has 1 saturated heterocycles. The summed E-state index contributed by atoms with van der Waals surface area (Å²) in [4.78, 5) is 14.4. The van der Waals surface area contributed by atoms with Crippen LogP contribution in [0.5, 0.6) is 0 Å². The topological polar surface area (TPSA) is 32.3 Å². The van der Waals surface area contributed by atoms with Crippen molar-refractivity contribution < 1.29 is 4.79 Å². The quantitative estimate of drug-likeness (QED) is 0.878. The highest BCUT2D eigenvalue weighted by Gasteiger charge is 2.22. The molecule has 116 valence electrons. The van der Waals surface area contributed by atoms with Gasteiger partial charge in [0.1, 0.15) is 0 Å². The lowest BCUT2D eigenvalue weighted by Crippen LogP contribution is -2.44. The number of hydrogen-bond donors (Lipinski definition) is 1.